The lowest BCUT2D eigenvalue weighted by Crippen LogP contribution is -2.61. The first-order chi connectivity index (χ1) is 6.82. The van der Waals surface area contributed by atoms with Crippen LogP contribution in [0.1, 0.15) is 34.1 Å². The maximum atomic E-state index is 11.6. The van der Waals surface area contributed by atoms with Crippen LogP contribution in [0.25, 0.3) is 0 Å². The van der Waals surface area contributed by atoms with Gasteiger partial charge < -0.3 is 15.4 Å². The van der Waals surface area contributed by atoms with Gasteiger partial charge in [0.1, 0.15) is 5.60 Å². The smallest absolute Gasteiger partial charge is 0.410 e. The maximum absolute atomic E-state index is 11.6. The highest BCUT2D eigenvalue weighted by molar-refractivity contribution is 5.69. The number of carbonyl (C=O) groups is 1. The minimum Gasteiger partial charge on any atom is -0.444 e. The van der Waals surface area contributed by atoms with Crippen molar-refractivity contribution in [1.29, 1.82) is 0 Å². The molecule has 0 saturated carbocycles. The molecule has 0 unspecified atom stereocenters. The summed E-state index contributed by atoms with van der Waals surface area (Å²) in [5.74, 6) is 0. The molecule has 1 saturated heterocycles. The number of hydrogen-bond donors (Lipinski definition) is 1. The van der Waals surface area contributed by atoms with E-state index < -0.39 is 5.60 Å². The van der Waals surface area contributed by atoms with Gasteiger partial charge in [-0.25, -0.2) is 4.79 Å². The summed E-state index contributed by atoms with van der Waals surface area (Å²) in [6, 6.07) is 0. The van der Waals surface area contributed by atoms with Crippen LogP contribution in [0, 0.1) is 5.41 Å². The van der Waals surface area contributed by atoms with Gasteiger partial charge in [-0.05, 0) is 27.2 Å². The van der Waals surface area contributed by atoms with E-state index in [1.54, 1.807) is 4.90 Å². The Hall–Kier alpha value is -0.770. The number of carbonyl (C=O) groups excluding carboxylic acids is 1. The van der Waals surface area contributed by atoms with E-state index in [-0.39, 0.29) is 11.5 Å². The van der Waals surface area contributed by atoms with Crippen molar-refractivity contribution in [3.8, 4) is 0 Å². The summed E-state index contributed by atoms with van der Waals surface area (Å²) in [7, 11) is 0. The standard InChI is InChI=1S/C11H22N2O2/c1-5-11(6-12)7-13(8-11)9(14)15-10(2,3)4/h5-8,12H2,1-4H3. The number of nitrogens with zero attached hydrogens (tertiary/aromatic N) is 1. The monoisotopic (exact) mass is 214 g/mol. The van der Waals surface area contributed by atoms with Crippen molar-refractivity contribution in [3.05, 3.63) is 0 Å². The number of ether oxygens (including phenoxy) is 1. The molecule has 1 rings (SSSR count). The second-order valence-electron chi connectivity index (χ2n) is 5.39. The predicted molar refractivity (Wildman–Crippen MR) is 59.6 cm³/mol. The Labute approximate surface area is 91.8 Å². The van der Waals surface area contributed by atoms with E-state index in [2.05, 4.69) is 6.92 Å². The molecule has 0 aromatic carbocycles. The molecule has 1 aliphatic rings. The van der Waals surface area contributed by atoms with Gasteiger partial charge in [-0.1, -0.05) is 6.92 Å². The van der Waals surface area contributed by atoms with Gasteiger partial charge in [0.15, 0.2) is 0 Å². The highest BCUT2D eigenvalue weighted by Gasteiger charge is 2.44. The van der Waals surface area contributed by atoms with E-state index in [0.29, 0.717) is 6.54 Å². The molecule has 1 fully saturated rings. The summed E-state index contributed by atoms with van der Waals surface area (Å²) in [5.41, 5.74) is 5.41. The normalized spacial score (nSPS) is 19.7. The third-order valence-corrected chi connectivity index (χ3v) is 2.89. The molecule has 88 valence electrons. The number of likely N-dealkylation sites (tertiary alicyclic amines) is 1. The number of rotatable bonds is 2. The van der Waals surface area contributed by atoms with Crippen LogP contribution in [-0.4, -0.2) is 36.2 Å². The van der Waals surface area contributed by atoms with Gasteiger partial charge in [-0.15, -0.1) is 0 Å². The SMILES string of the molecule is CCC1(CN)CN(C(=O)OC(C)(C)C)C1. The van der Waals surface area contributed by atoms with E-state index >= 15 is 0 Å². The van der Waals surface area contributed by atoms with Crippen molar-refractivity contribution in [2.45, 2.75) is 39.7 Å². The number of amides is 1. The van der Waals surface area contributed by atoms with Gasteiger partial charge in [0, 0.05) is 25.0 Å². The molecule has 0 spiro atoms. The van der Waals surface area contributed by atoms with Gasteiger partial charge in [0.25, 0.3) is 0 Å². The number of nitrogens with two attached hydrogens (primary N) is 1. The Bertz CT molecular complexity index is 233. The zero-order valence-electron chi connectivity index (χ0n) is 10.2. The lowest BCUT2D eigenvalue weighted by atomic mass is 9.78. The fraction of sp³-hybridized carbons (Fsp3) is 0.909. The Kier molecular flexibility index (Phi) is 3.28. The van der Waals surface area contributed by atoms with Crippen LogP contribution in [0.5, 0.6) is 0 Å². The summed E-state index contributed by atoms with van der Waals surface area (Å²) >= 11 is 0. The maximum Gasteiger partial charge on any atom is 0.410 e. The van der Waals surface area contributed by atoms with Crippen molar-refractivity contribution in [2.24, 2.45) is 11.1 Å². The molecule has 0 bridgehead atoms. The lowest BCUT2D eigenvalue weighted by molar-refractivity contribution is -0.0323. The van der Waals surface area contributed by atoms with Crippen molar-refractivity contribution >= 4 is 6.09 Å². The van der Waals surface area contributed by atoms with Crippen LogP contribution in [0.4, 0.5) is 4.79 Å². The molecule has 0 aliphatic carbocycles. The average molecular weight is 214 g/mol. The molecule has 15 heavy (non-hydrogen) atoms. The van der Waals surface area contributed by atoms with Crippen LogP contribution >= 0.6 is 0 Å². The summed E-state index contributed by atoms with van der Waals surface area (Å²) in [6.45, 7) is 9.84. The molecule has 1 aliphatic heterocycles. The van der Waals surface area contributed by atoms with Gasteiger partial charge in [0.05, 0.1) is 0 Å². The average Bonchev–Trinajstić information content (AvgIpc) is 2.00. The molecule has 1 heterocycles. The Morgan fingerprint density at radius 1 is 1.47 bits per heavy atom. The summed E-state index contributed by atoms with van der Waals surface area (Å²) < 4.78 is 5.27. The Morgan fingerprint density at radius 2 is 2.00 bits per heavy atom. The summed E-state index contributed by atoms with van der Waals surface area (Å²) in [6.07, 6.45) is 0.794. The predicted octanol–water partition coefficient (Wildman–Crippen LogP) is 1.59. The first kappa shape index (κ1) is 12.3. The van der Waals surface area contributed by atoms with Crippen LogP contribution in [-0.2, 0) is 4.74 Å². The largest absolute Gasteiger partial charge is 0.444 e. The van der Waals surface area contributed by atoms with Gasteiger partial charge in [-0.3, -0.25) is 0 Å². The molecule has 0 aromatic rings. The first-order valence-electron chi connectivity index (χ1n) is 5.50. The molecule has 0 atom stereocenters. The van der Waals surface area contributed by atoms with E-state index in [1.807, 2.05) is 20.8 Å². The van der Waals surface area contributed by atoms with Crippen molar-refractivity contribution in [2.75, 3.05) is 19.6 Å². The third-order valence-electron chi connectivity index (χ3n) is 2.89. The summed E-state index contributed by atoms with van der Waals surface area (Å²) in [4.78, 5) is 13.3. The van der Waals surface area contributed by atoms with E-state index in [9.17, 15) is 4.79 Å². The van der Waals surface area contributed by atoms with Crippen LogP contribution in [0.2, 0.25) is 0 Å². The summed E-state index contributed by atoms with van der Waals surface area (Å²) in [5, 5.41) is 0. The zero-order valence-corrected chi connectivity index (χ0v) is 10.2. The van der Waals surface area contributed by atoms with E-state index in [0.717, 1.165) is 19.5 Å². The Balaban J connectivity index is 2.42. The fourth-order valence-corrected chi connectivity index (χ4v) is 1.72. The van der Waals surface area contributed by atoms with Crippen molar-refractivity contribution in [1.82, 2.24) is 4.90 Å². The van der Waals surface area contributed by atoms with Crippen LogP contribution < -0.4 is 5.73 Å². The van der Waals surface area contributed by atoms with Gasteiger partial charge in [-0.2, -0.15) is 0 Å². The minimum atomic E-state index is -0.412. The second kappa shape index (κ2) is 4.00. The van der Waals surface area contributed by atoms with Gasteiger partial charge in [0.2, 0.25) is 0 Å². The van der Waals surface area contributed by atoms with Crippen molar-refractivity contribution in [3.63, 3.8) is 0 Å². The highest BCUT2D eigenvalue weighted by atomic mass is 16.6. The quantitative estimate of drug-likeness (QED) is 0.759. The van der Waals surface area contributed by atoms with Crippen LogP contribution in [0.15, 0.2) is 0 Å². The molecule has 0 aromatic heterocycles. The Morgan fingerprint density at radius 3 is 2.33 bits per heavy atom. The molecular weight excluding hydrogens is 192 g/mol. The highest BCUT2D eigenvalue weighted by Crippen LogP contribution is 2.33. The molecule has 1 amide bonds. The second-order valence-corrected chi connectivity index (χ2v) is 5.39. The topological polar surface area (TPSA) is 55.6 Å². The molecule has 4 nitrogen and oxygen atoms in total. The molecule has 2 N–H and O–H groups in total. The van der Waals surface area contributed by atoms with Gasteiger partial charge >= 0.3 is 6.09 Å². The fourth-order valence-electron chi connectivity index (χ4n) is 1.72. The van der Waals surface area contributed by atoms with E-state index in [1.165, 1.54) is 0 Å². The number of hydrogen-bond acceptors (Lipinski definition) is 3. The molecule has 4 heteroatoms. The van der Waals surface area contributed by atoms with E-state index in [4.69, 9.17) is 10.5 Å². The zero-order chi connectivity index (χ0) is 11.7. The van der Waals surface area contributed by atoms with Crippen LogP contribution in [0.3, 0.4) is 0 Å². The molecular formula is C11H22N2O2. The lowest BCUT2D eigenvalue weighted by Gasteiger charge is -2.49. The van der Waals surface area contributed by atoms with Crippen molar-refractivity contribution < 1.29 is 9.53 Å². The molecule has 0 radical (unpaired) electrons. The third kappa shape index (κ3) is 2.84. The minimum absolute atomic E-state index is 0.136. The first-order valence-corrected chi connectivity index (χ1v) is 5.50.